The number of carbonyl (C=O) groups is 2. The van der Waals surface area contributed by atoms with Crippen molar-refractivity contribution in [2.45, 2.75) is 32.9 Å². The molecule has 3 amide bonds. The first-order valence-electron chi connectivity index (χ1n) is 11.4. The van der Waals surface area contributed by atoms with Gasteiger partial charge in [-0.05, 0) is 35.2 Å². The van der Waals surface area contributed by atoms with Crippen LogP contribution < -0.4 is 15.4 Å². The van der Waals surface area contributed by atoms with E-state index in [9.17, 15) is 9.59 Å². The first-order chi connectivity index (χ1) is 15.5. The van der Waals surface area contributed by atoms with E-state index in [4.69, 9.17) is 4.74 Å². The Morgan fingerprint density at radius 1 is 1.03 bits per heavy atom. The van der Waals surface area contributed by atoms with Crippen molar-refractivity contribution in [3.8, 4) is 5.75 Å². The van der Waals surface area contributed by atoms with Gasteiger partial charge in [-0.1, -0.05) is 44.2 Å². The molecule has 1 unspecified atom stereocenters. The summed E-state index contributed by atoms with van der Waals surface area (Å²) in [6, 6.07) is 14.8. The zero-order chi connectivity index (χ0) is 22.5. The van der Waals surface area contributed by atoms with Gasteiger partial charge in [-0.2, -0.15) is 0 Å². The van der Waals surface area contributed by atoms with Crippen molar-refractivity contribution in [2.24, 2.45) is 5.92 Å². The number of carbonyl (C=O) groups excluding carboxylic acids is 2. The summed E-state index contributed by atoms with van der Waals surface area (Å²) in [4.78, 5) is 29.9. The highest BCUT2D eigenvalue weighted by atomic mass is 16.5. The van der Waals surface area contributed by atoms with Crippen LogP contribution in [0.1, 0.15) is 25.0 Å². The zero-order valence-corrected chi connectivity index (χ0v) is 18.8. The lowest BCUT2D eigenvalue weighted by atomic mass is 10.0. The molecule has 0 spiro atoms. The highest BCUT2D eigenvalue weighted by Gasteiger charge is 2.30. The summed E-state index contributed by atoms with van der Waals surface area (Å²) in [6.07, 6.45) is 0.979. The second kappa shape index (κ2) is 10.0. The van der Waals surface area contributed by atoms with Crippen molar-refractivity contribution in [2.75, 3.05) is 38.1 Å². The molecule has 2 aromatic carbocycles. The molecule has 1 saturated heterocycles. The summed E-state index contributed by atoms with van der Waals surface area (Å²) in [5.74, 6) is 0.987. The average molecular weight is 437 g/mol. The summed E-state index contributed by atoms with van der Waals surface area (Å²) in [5, 5.41) is 5.67. The van der Waals surface area contributed by atoms with Gasteiger partial charge < -0.3 is 20.3 Å². The Labute approximate surface area is 189 Å². The third kappa shape index (κ3) is 5.40. The van der Waals surface area contributed by atoms with E-state index >= 15 is 0 Å². The van der Waals surface area contributed by atoms with Gasteiger partial charge in [0.25, 0.3) is 0 Å². The summed E-state index contributed by atoms with van der Waals surface area (Å²) >= 11 is 0. The normalized spacial score (nSPS) is 16.9. The number of nitrogens with zero attached hydrogens (tertiary/aromatic N) is 2. The largest absolute Gasteiger partial charge is 0.493 e. The maximum absolute atomic E-state index is 13.2. The summed E-state index contributed by atoms with van der Waals surface area (Å²) < 4.78 is 5.59. The van der Waals surface area contributed by atoms with Crippen LogP contribution >= 0.6 is 0 Å². The highest BCUT2D eigenvalue weighted by molar-refractivity contribution is 5.93. The Morgan fingerprint density at radius 2 is 1.78 bits per heavy atom. The zero-order valence-electron chi connectivity index (χ0n) is 18.8. The molecule has 1 fully saturated rings. The van der Waals surface area contributed by atoms with Crippen molar-refractivity contribution in [1.82, 2.24) is 15.1 Å². The van der Waals surface area contributed by atoms with Gasteiger partial charge in [-0.3, -0.25) is 9.69 Å². The van der Waals surface area contributed by atoms with Gasteiger partial charge in [-0.15, -0.1) is 0 Å². The minimum atomic E-state index is -0.554. The Bertz CT molecular complexity index is 939. The van der Waals surface area contributed by atoms with Crippen LogP contribution in [0.5, 0.6) is 5.75 Å². The number of piperazine rings is 1. The van der Waals surface area contributed by atoms with Gasteiger partial charge in [0.2, 0.25) is 5.91 Å². The standard InChI is InChI=1S/C25H32N4O3/c1-18(2)23(27-25(31)26-21-6-4-3-5-7-21)24(30)29-13-11-28(12-14-29)17-19-8-9-22-20(16-19)10-15-32-22/h3-9,16,18,23H,10-15,17H2,1-2H3,(H2,26,27,31). The molecular formula is C25H32N4O3. The van der Waals surface area contributed by atoms with Crippen LogP contribution in [0.25, 0.3) is 0 Å². The number of benzene rings is 2. The molecule has 0 bridgehead atoms. The van der Waals surface area contributed by atoms with Crippen molar-refractivity contribution in [3.05, 3.63) is 59.7 Å². The van der Waals surface area contributed by atoms with Crippen LogP contribution in [0.2, 0.25) is 0 Å². The number of rotatable bonds is 6. The number of amides is 3. The lowest BCUT2D eigenvalue weighted by Crippen LogP contribution is -2.56. The average Bonchev–Trinajstić information content (AvgIpc) is 3.26. The number of hydrogen-bond acceptors (Lipinski definition) is 4. The fourth-order valence-corrected chi connectivity index (χ4v) is 4.26. The van der Waals surface area contributed by atoms with E-state index in [0.29, 0.717) is 18.8 Å². The Hall–Kier alpha value is -3.06. The van der Waals surface area contributed by atoms with Crippen LogP contribution in [0.4, 0.5) is 10.5 Å². The number of fused-ring (bicyclic) bond motifs is 1. The molecule has 0 aliphatic carbocycles. The predicted octanol–water partition coefficient (Wildman–Crippen LogP) is 3.11. The lowest BCUT2D eigenvalue weighted by Gasteiger charge is -2.37. The fourth-order valence-electron chi connectivity index (χ4n) is 4.26. The number of urea groups is 1. The Balaban J connectivity index is 1.29. The Morgan fingerprint density at radius 3 is 2.50 bits per heavy atom. The van der Waals surface area contributed by atoms with E-state index < -0.39 is 6.04 Å². The minimum Gasteiger partial charge on any atom is -0.493 e. The van der Waals surface area contributed by atoms with Crippen LogP contribution in [-0.2, 0) is 17.8 Å². The molecule has 0 saturated carbocycles. The molecule has 2 aromatic rings. The summed E-state index contributed by atoms with van der Waals surface area (Å²) in [6.45, 7) is 8.53. The quantitative estimate of drug-likeness (QED) is 0.730. The van der Waals surface area contributed by atoms with Crippen molar-refractivity contribution in [3.63, 3.8) is 0 Å². The minimum absolute atomic E-state index is 0.00399. The van der Waals surface area contributed by atoms with E-state index in [-0.39, 0.29) is 17.9 Å². The summed E-state index contributed by atoms with van der Waals surface area (Å²) in [7, 11) is 0. The molecule has 7 nitrogen and oxygen atoms in total. The second-order valence-corrected chi connectivity index (χ2v) is 8.83. The van der Waals surface area contributed by atoms with Gasteiger partial charge in [0, 0.05) is 44.8 Å². The fraction of sp³-hybridized carbons (Fsp3) is 0.440. The topological polar surface area (TPSA) is 73.9 Å². The Kier molecular flexibility index (Phi) is 6.95. The number of para-hydroxylation sites is 1. The van der Waals surface area contributed by atoms with Crippen LogP contribution in [-0.4, -0.2) is 60.6 Å². The molecule has 0 radical (unpaired) electrons. The van der Waals surface area contributed by atoms with E-state index in [0.717, 1.165) is 38.4 Å². The molecule has 170 valence electrons. The maximum atomic E-state index is 13.2. The number of hydrogen-bond donors (Lipinski definition) is 2. The van der Waals surface area contributed by atoms with Gasteiger partial charge in [0.15, 0.2) is 0 Å². The molecule has 2 N–H and O–H groups in total. The number of nitrogens with one attached hydrogen (secondary N) is 2. The molecule has 2 aliphatic heterocycles. The van der Waals surface area contributed by atoms with Gasteiger partial charge in [-0.25, -0.2) is 4.79 Å². The third-order valence-electron chi connectivity index (χ3n) is 6.09. The van der Waals surface area contributed by atoms with E-state index in [2.05, 4.69) is 33.7 Å². The maximum Gasteiger partial charge on any atom is 0.319 e. The van der Waals surface area contributed by atoms with Gasteiger partial charge in [0.05, 0.1) is 6.61 Å². The molecule has 7 heteroatoms. The molecule has 0 aromatic heterocycles. The number of ether oxygens (including phenoxy) is 1. The molecule has 2 heterocycles. The van der Waals surface area contributed by atoms with Crippen molar-refractivity contribution < 1.29 is 14.3 Å². The lowest BCUT2D eigenvalue weighted by molar-refractivity contribution is -0.136. The first kappa shape index (κ1) is 22.1. The third-order valence-corrected chi connectivity index (χ3v) is 6.09. The van der Waals surface area contributed by atoms with Crippen molar-refractivity contribution >= 4 is 17.6 Å². The van der Waals surface area contributed by atoms with Gasteiger partial charge in [0.1, 0.15) is 11.8 Å². The van der Waals surface area contributed by atoms with E-state index in [1.165, 1.54) is 11.1 Å². The monoisotopic (exact) mass is 436 g/mol. The van der Waals surface area contributed by atoms with Crippen molar-refractivity contribution in [1.29, 1.82) is 0 Å². The van der Waals surface area contributed by atoms with E-state index in [1.54, 1.807) is 0 Å². The SMILES string of the molecule is CC(C)C(NC(=O)Nc1ccccc1)C(=O)N1CCN(Cc2ccc3c(c2)CCO3)CC1. The second-order valence-electron chi connectivity index (χ2n) is 8.83. The first-order valence-corrected chi connectivity index (χ1v) is 11.4. The molecule has 32 heavy (non-hydrogen) atoms. The molecular weight excluding hydrogens is 404 g/mol. The van der Waals surface area contributed by atoms with Crippen LogP contribution in [0, 0.1) is 5.92 Å². The smallest absolute Gasteiger partial charge is 0.319 e. The molecule has 1 atom stereocenters. The molecule has 2 aliphatic rings. The van der Waals surface area contributed by atoms with Gasteiger partial charge >= 0.3 is 6.03 Å². The summed E-state index contributed by atoms with van der Waals surface area (Å²) in [5.41, 5.74) is 3.27. The van der Waals surface area contributed by atoms with Crippen LogP contribution in [0.15, 0.2) is 48.5 Å². The molecule has 4 rings (SSSR count). The highest BCUT2D eigenvalue weighted by Crippen LogP contribution is 2.26. The van der Waals surface area contributed by atoms with Crippen LogP contribution in [0.3, 0.4) is 0 Å². The predicted molar refractivity (Wildman–Crippen MR) is 125 cm³/mol. The van der Waals surface area contributed by atoms with E-state index in [1.807, 2.05) is 49.1 Å². The number of anilines is 1.